The Balaban J connectivity index is 2.15. The van der Waals surface area contributed by atoms with Gasteiger partial charge in [-0.25, -0.2) is 0 Å². The van der Waals surface area contributed by atoms with Crippen LogP contribution in [0.2, 0.25) is 0 Å². The molecule has 0 radical (unpaired) electrons. The highest BCUT2D eigenvalue weighted by molar-refractivity contribution is 7.80. The van der Waals surface area contributed by atoms with E-state index in [1.807, 2.05) is 54.6 Å². The van der Waals surface area contributed by atoms with E-state index in [-0.39, 0.29) is 5.92 Å². The summed E-state index contributed by atoms with van der Waals surface area (Å²) >= 11 is 5.55. The SMILES string of the molecule is C=CCC(C(=S)Nc1ccccc1)c1ccccc1. The number of rotatable bonds is 5. The quantitative estimate of drug-likeness (QED) is 0.617. The topological polar surface area (TPSA) is 12.0 Å². The van der Waals surface area contributed by atoms with Gasteiger partial charge in [-0.1, -0.05) is 66.8 Å². The van der Waals surface area contributed by atoms with Gasteiger partial charge < -0.3 is 5.32 Å². The highest BCUT2D eigenvalue weighted by Crippen LogP contribution is 2.23. The number of hydrogen-bond donors (Lipinski definition) is 1. The standard InChI is InChI=1S/C17H17NS/c1-2-9-16(14-10-5-3-6-11-14)17(19)18-15-12-7-4-8-13-15/h2-8,10-13,16H,1,9H2,(H,18,19). The number of allylic oxidation sites excluding steroid dienone is 1. The van der Waals surface area contributed by atoms with Crippen LogP contribution in [0.3, 0.4) is 0 Å². The second kappa shape index (κ2) is 6.86. The first kappa shape index (κ1) is 13.5. The van der Waals surface area contributed by atoms with E-state index in [9.17, 15) is 0 Å². The molecule has 2 rings (SSSR count). The normalized spacial score (nSPS) is 11.6. The maximum Gasteiger partial charge on any atom is 0.0876 e. The van der Waals surface area contributed by atoms with Crippen LogP contribution in [-0.4, -0.2) is 4.99 Å². The van der Waals surface area contributed by atoms with Gasteiger partial charge in [0.25, 0.3) is 0 Å². The molecule has 0 aliphatic carbocycles. The van der Waals surface area contributed by atoms with Crippen LogP contribution in [0.1, 0.15) is 17.9 Å². The summed E-state index contributed by atoms with van der Waals surface area (Å²) in [7, 11) is 0. The van der Waals surface area contributed by atoms with E-state index in [4.69, 9.17) is 12.2 Å². The molecule has 19 heavy (non-hydrogen) atoms. The largest absolute Gasteiger partial charge is 0.350 e. The fourth-order valence-corrected chi connectivity index (χ4v) is 2.35. The van der Waals surface area contributed by atoms with E-state index in [2.05, 4.69) is 24.0 Å². The molecule has 1 nitrogen and oxygen atoms in total. The summed E-state index contributed by atoms with van der Waals surface area (Å²) in [6, 6.07) is 20.3. The minimum absolute atomic E-state index is 0.175. The number of thiocarbonyl (C=S) groups is 1. The van der Waals surface area contributed by atoms with Crippen molar-refractivity contribution in [3.63, 3.8) is 0 Å². The number of benzene rings is 2. The molecule has 1 unspecified atom stereocenters. The Kier molecular flexibility index (Phi) is 4.87. The number of hydrogen-bond acceptors (Lipinski definition) is 1. The third-order valence-corrected chi connectivity index (χ3v) is 3.35. The van der Waals surface area contributed by atoms with Crippen molar-refractivity contribution in [1.29, 1.82) is 0 Å². The van der Waals surface area contributed by atoms with Crippen molar-refractivity contribution < 1.29 is 0 Å². The molecule has 0 aliphatic heterocycles. The van der Waals surface area contributed by atoms with Crippen molar-refractivity contribution in [3.05, 3.63) is 78.9 Å². The van der Waals surface area contributed by atoms with Crippen molar-refractivity contribution >= 4 is 22.9 Å². The maximum absolute atomic E-state index is 5.55. The van der Waals surface area contributed by atoms with Gasteiger partial charge in [-0.3, -0.25) is 0 Å². The molecule has 2 aromatic carbocycles. The Hall–Kier alpha value is -1.93. The predicted octanol–water partition coefficient (Wildman–Crippen LogP) is 4.79. The van der Waals surface area contributed by atoms with Crippen molar-refractivity contribution in [2.24, 2.45) is 0 Å². The van der Waals surface area contributed by atoms with Crippen LogP contribution in [0.4, 0.5) is 5.69 Å². The van der Waals surface area contributed by atoms with Gasteiger partial charge >= 0.3 is 0 Å². The van der Waals surface area contributed by atoms with Gasteiger partial charge in [-0.15, -0.1) is 6.58 Å². The molecule has 1 N–H and O–H groups in total. The van der Waals surface area contributed by atoms with Crippen molar-refractivity contribution in [2.45, 2.75) is 12.3 Å². The highest BCUT2D eigenvalue weighted by Gasteiger charge is 2.15. The van der Waals surface area contributed by atoms with Crippen LogP contribution in [0.15, 0.2) is 73.3 Å². The van der Waals surface area contributed by atoms with Gasteiger partial charge in [-0.2, -0.15) is 0 Å². The number of anilines is 1. The molecular formula is C17H17NS. The summed E-state index contributed by atoms with van der Waals surface area (Å²) in [5.74, 6) is 0.175. The predicted molar refractivity (Wildman–Crippen MR) is 86.7 cm³/mol. The zero-order valence-electron chi connectivity index (χ0n) is 10.8. The molecule has 0 heterocycles. The molecule has 0 amide bonds. The molecule has 0 fully saturated rings. The maximum atomic E-state index is 5.55. The highest BCUT2D eigenvalue weighted by atomic mass is 32.1. The van der Waals surface area contributed by atoms with Gasteiger partial charge in [0.05, 0.1) is 4.99 Å². The third-order valence-electron chi connectivity index (χ3n) is 2.96. The van der Waals surface area contributed by atoms with E-state index >= 15 is 0 Å². The molecule has 0 bridgehead atoms. The van der Waals surface area contributed by atoms with Gasteiger partial charge in [0.15, 0.2) is 0 Å². The van der Waals surface area contributed by atoms with Gasteiger partial charge in [0, 0.05) is 11.6 Å². The fourth-order valence-electron chi connectivity index (χ4n) is 2.00. The summed E-state index contributed by atoms with van der Waals surface area (Å²) in [6.45, 7) is 3.83. The van der Waals surface area contributed by atoms with E-state index < -0.39 is 0 Å². The van der Waals surface area contributed by atoms with Crippen LogP contribution in [0.5, 0.6) is 0 Å². The minimum atomic E-state index is 0.175. The van der Waals surface area contributed by atoms with Gasteiger partial charge in [0.1, 0.15) is 0 Å². The Bertz CT molecular complexity index is 534. The van der Waals surface area contributed by atoms with Crippen LogP contribution in [0, 0.1) is 0 Å². The van der Waals surface area contributed by atoms with Crippen molar-refractivity contribution in [3.8, 4) is 0 Å². The summed E-state index contributed by atoms with van der Waals surface area (Å²) in [4.78, 5) is 0.831. The molecular weight excluding hydrogens is 250 g/mol. The Morgan fingerprint density at radius 3 is 2.21 bits per heavy atom. The van der Waals surface area contributed by atoms with Crippen molar-refractivity contribution in [1.82, 2.24) is 0 Å². The zero-order valence-corrected chi connectivity index (χ0v) is 11.6. The molecule has 2 aromatic rings. The minimum Gasteiger partial charge on any atom is -0.350 e. The molecule has 96 valence electrons. The van der Waals surface area contributed by atoms with Crippen molar-refractivity contribution in [2.75, 3.05) is 5.32 Å². The first-order chi connectivity index (χ1) is 9.31. The van der Waals surface area contributed by atoms with E-state index in [1.54, 1.807) is 0 Å². The van der Waals surface area contributed by atoms with E-state index in [0.29, 0.717) is 0 Å². The summed E-state index contributed by atoms with van der Waals surface area (Å²) in [5, 5.41) is 3.31. The second-order valence-electron chi connectivity index (χ2n) is 4.34. The molecule has 2 heteroatoms. The fraction of sp³-hybridized carbons (Fsp3) is 0.118. The molecule has 0 aliphatic rings. The second-order valence-corrected chi connectivity index (χ2v) is 4.78. The third kappa shape index (κ3) is 3.76. The first-order valence-electron chi connectivity index (χ1n) is 6.33. The molecule has 0 spiro atoms. The van der Waals surface area contributed by atoms with Gasteiger partial charge in [0.2, 0.25) is 0 Å². The Labute approximate surface area is 120 Å². The molecule has 1 atom stereocenters. The van der Waals surface area contributed by atoms with Crippen LogP contribution in [-0.2, 0) is 0 Å². The van der Waals surface area contributed by atoms with E-state index in [1.165, 1.54) is 5.56 Å². The Morgan fingerprint density at radius 1 is 1.05 bits per heavy atom. The monoisotopic (exact) mass is 267 g/mol. The average Bonchev–Trinajstić information content (AvgIpc) is 2.46. The Morgan fingerprint density at radius 2 is 1.63 bits per heavy atom. The summed E-state index contributed by atoms with van der Waals surface area (Å²) in [5.41, 5.74) is 2.24. The summed E-state index contributed by atoms with van der Waals surface area (Å²) in [6.07, 6.45) is 2.75. The van der Waals surface area contributed by atoms with Crippen LogP contribution < -0.4 is 5.32 Å². The number of para-hydroxylation sites is 1. The van der Waals surface area contributed by atoms with Crippen LogP contribution >= 0.6 is 12.2 Å². The molecule has 0 saturated carbocycles. The lowest BCUT2D eigenvalue weighted by molar-refractivity contribution is 0.920. The lowest BCUT2D eigenvalue weighted by Crippen LogP contribution is -2.18. The smallest absolute Gasteiger partial charge is 0.0876 e. The lowest BCUT2D eigenvalue weighted by atomic mass is 9.95. The zero-order chi connectivity index (χ0) is 13.5. The van der Waals surface area contributed by atoms with E-state index in [0.717, 1.165) is 17.1 Å². The average molecular weight is 267 g/mol. The molecule has 0 saturated heterocycles. The van der Waals surface area contributed by atoms with Gasteiger partial charge in [-0.05, 0) is 24.1 Å². The van der Waals surface area contributed by atoms with Crippen LogP contribution in [0.25, 0.3) is 0 Å². The first-order valence-corrected chi connectivity index (χ1v) is 6.74. The molecule has 0 aromatic heterocycles. The summed E-state index contributed by atoms with van der Waals surface area (Å²) < 4.78 is 0. The lowest BCUT2D eigenvalue weighted by Gasteiger charge is -2.18. The number of nitrogens with one attached hydrogen (secondary N) is 1.